The lowest BCUT2D eigenvalue weighted by Crippen LogP contribution is -2.45. The fourth-order valence-electron chi connectivity index (χ4n) is 3.82. The molecule has 7 nitrogen and oxygen atoms in total. The lowest BCUT2D eigenvalue weighted by Gasteiger charge is -2.29. The predicted octanol–water partition coefficient (Wildman–Crippen LogP) is 5.04. The molecule has 2 N–H and O–H groups in total. The van der Waals surface area contributed by atoms with Crippen LogP contribution in [-0.2, 0) is 9.53 Å². The molecule has 7 heteroatoms. The van der Waals surface area contributed by atoms with Gasteiger partial charge in [0.05, 0.1) is 31.5 Å². The fraction of sp³-hybridized carbons (Fsp3) is 0.185. The van der Waals surface area contributed by atoms with Gasteiger partial charge in [0.25, 0.3) is 0 Å². The van der Waals surface area contributed by atoms with Gasteiger partial charge in [-0.05, 0) is 78.6 Å². The third-order valence-corrected chi connectivity index (χ3v) is 5.85. The molecule has 0 saturated carbocycles. The topological polar surface area (TPSA) is 85.9 Å². The summed E-state index contributed by atoms with van der Waals surface area (Å²) in [6.45, 7) is 4.05. The Morgan fingerprint density at radius 1 is 0.882 bits per heavy atom. The number of benzene rings is 3. The molecule has 174 valence electrons. The first-order chi connectivity index (χ1) is 16.4. The largest absolute Gasteiger partial charge is 0.497 e. The van der Waals surface area contributed by atoms with Crippen LogP contribution in [0.3, 0.4) is 0 Å². The fourth-order valence-corrected chi connectivity index (χ4v) is 3.82. The minimum Gasteiger partial charge on any atom is -0.497 e. The number of rotatable bonds is 6. The maximum Gasteiger partial charge on any atom is 0.338 e. The Labute approximate surface area is 198 Å². The lowest BCUT2D eigenvalue weighted by molar-refractivity contribution is -0.136. The zero-order chi connectivity index (χ0) is 24.2. The average molecular weight is 459 g/mol. The van der Waals surface area contributed by atoms with Crippen molar-refractivity contribution in [2.75, 3.05) is 14.2 Å². The highest BCUT2D eigenvalue weighted by atomic mass is 16.5. The van der Waals surface area contributed by atoms with E-state index in [1.807, 2.05) is 56.3 Å². The number of aryl methyl sites for hydroxylation is 1. The molecule has 0 radical (unpaired) electrons. The molecule has 1 unspecified atom stereocenters. The third kappa shape index (κ3) is 4.59. The number of hydrogen-bond donors (Lipinski definition) is 2. The van der Waals surface area contributed by atoms with E-state index in [-0.39, 0.29) is 0 Å². The number of carbonyl (C=O) groups is 2. The van der Waals surface area contributed by atoms with E-state index in [2.05, 4.69) is 10.6 Å². The average Bonchev–Trinajstić information content (AvgIpc) is 2.86. The van der Waals surface area contributed by atoms with Crippen LogP contribution in [-0.4, -0.2) is 26.2 Å². The Morgan fingerprint density at radius 3 is 2.21 bits per heavy atom. The smallest absolute Gasteiger partial charge is 0.338 e. The molecule has 3 aromatic rings. The second kappa shape index (κ2) is 9.70. The van der Waals surface area contributed by atoms with Crippen molar-refractivity contribution in [1.82, 2.24) is 10.6 Å². The number of carbonyl (C=O) groups excluding carboxylic acids is 2. The predicted molar refractivity (Wildman–Crippen MR) is 129 cm³/mol. The Balaban J connectivity index is 1.70. The molecule has 0 aromatic heterocycles. The van der Waals surface area contributed by atoms with Gasteiger partial charge in [-0.15, -0.1) is 0 Å². The number of amides is 2. The Morgan fingerprint density at radius 2 is 1.56 bits per heavy atom. The van der Waals surface area contributed by atoms with Crippen molar-refractivity contribution in [1.29, 1.82) is 0 Å². The maximum absolute atomic E-state index is 12.8. The quantitative estimate of drug-likeness (QED) is 0.506. The minimum atomic E-state index is -0.701. The minimum absolute atomic E-state index is 0.301. The van der Waals surface area contributed by atoms with Crippen molar-refractivity contribution in [3.8, 4) is 17.2 Å². The summed E-state index contributed by atoms with van der Waals surface area (Å²) in [6.07, 6.45) is 0. The first-order valence-electron chi connectivity index (χ1n) is 10.8. The van der Waals surface area contributed by atoms with Crippen LogP contribution in [0.4, 0.5) is 4.79 Å². The number of hydrogen-bond acceptors (Lipinski definition) is 5. The molecule has 4 rings (SSSR count). The van der Waals surface area contributed by atoms with Gasteiger partial charge in [-0.2, -0.15) is 0 Å². The van der Waals surface area contributed by atoms with Gasteiger partial charge in [0, 0.05) is 0 Å². The first-order valence-corrected chi connectivity index (χ1v) is 10.8. The van der Waals surface area contributed by atoms with Crippen LogP contribution >= 0.6 is 0 Å². The van der Waals surface area contributed by atoms with E-state index in [9.17, 15) is 9.59 Å². The number of esters is 1. The van der Waals surface area contributed by atoms with E-state index in [4.69, 9.17) is 14.2 Å². The summed E-state index contributed by atoms with van der Waals surface area (Å²) in [4.78, 5) is 25.4. The summed E-state index contributed by atoms with van der Waals surface area (Å²) in [7, 11) is 2.89. The van der Waals surface area contributed by atoms with Crippen LogP contribution < -0.4 is 20.1 Å². The van der Waals surface area contributed by atoms with E-state index in [1.54, 1.807) is 31.4 Å². The van der Waals surface area contributed by atoms with Gasteiger partial charge in [0.15, 0.2) is 0 Å². The van der Waals surface area contributed by atoms with E-state index in [0.29, 0.717) is 28.3 Å². The third-order valence-electron chi connectivity index (χ3n) is 5.85. The molecule has 3 aromatic carbocycles. The second-order valence-electron chi connectivity index (χ2n) is 7.91. The molecule has 1 atom stereocenters. The molecule has 0 saturated heterocycles. The van der Waals surface area contributed by atoms with Gasteiger partial charge in [0.1, 0.15) is 17.2 Å². The molecule has 34 heavy (non-hydrogen) atoms. The van der Waals surface area contributed by atoms with Crippen LogP contribution in [0, 0.1) is 13.8 Å². The zero-order valence-corrected chi connectivity index (χ0v) is 19.5. The number of nitrogens with one attached hydrogen (secondary N) is 2. The normalized spacial score (nSPS) is 15.3. The number of methoxy groups -OCH3 is 2. The first kappa shape index (κ1) is 22.9. The summed E-state index contributed by atoms with van der Waals surface area (Å²) >= 11 is 0. The van der Waals surface area contributed by atoms with Crippen LogP contribution in [0.15, 0.2) is 72.3 Å². The van der Waals surface area contributed by atoms with E-state index >= 15 is 0 Å². The van der Waals surface area contributed by atoms with Crippen LogP contribution in [0.5, 0.6) is 17.2 Å². The standard InChI is InChI=1S/C27H26N2O5/c1-16-6-5-7-22(17(16)2)34-21-14-10-19(11-15-21)25-23(26(30)33-4)24(28-27(31)29-25)18-8-12-20(32-3)13-9-18/h5-15,25H,1-4H3,(H2,28,29,31). The summed E-state index contributed by atoms with van der Waals surface area (Å²) in [5, 5.41) is 5.59. The molecule has 2 amide bonds. The Hall–Kier alpha value is -4.26. The molecule has 1 aliphatic rings. The summed E-state index contributed by atoms with van der Waals surface area (Å²) < 4.78 is 16.3. The van der Waals surface area contributed by atoms with Crippen molar-refractivity contribution in [2.24, 2.45) is 0 Å². The van der Waals surface area contributed by atoms with Gasteiger partial charge in [-0.25, -0.2) is 9.59 Å². The van der Waals surface area contributed by atoms with Gasteiger partial charge < -0.3 is 24.8 Å². The molecule has 0 bridgehead atoms. The van der Waals surface area contributed by atoms with Crippen molar-refractivity contribution in [3.05, 3.63) is 94.6 Å². The number of ether oxygens (including phenoxy) is 3. The van der Waals surface area contributed by atoms with Gasteiger partial charge in [-0.1, -0.05) is 24.3 Å². The highest BCUT2D eigenvalue weighted by Gasteiger charge is 2.34. The highest BCUT2D eigenvalue weighted by Crippen LogP contribution is 2.34. The van der Waals surface area contributed by atoms with Crippen LogP contribution in [0.25, 0.3) is 5.70 Å². The molecule has 0 spiro atoms. The zero-order valence-electron chi connectivity index (χ0n) is 19.5. The van der Waals surface area contributed by atoms with Crippen LogP contribution in [0.1, 0.15) is 28.3 Å². The summed E-state index contributed by atoms with van der Waals surface area (Å²) in [6, 6.07) is 19.1. The second-order valence-corrected chi connectivity index (χ2v) is 7.91. The SMILES string of the molecule is COC(=O)C1=C(c2ccc(OC)cc2)NC(=O)NC1c1ccc(Oc2cccc(C)c2C)cc1. The molecular formula is C27H26N2O5. The van der Waals surface area contributed by atoms with E-state index in [0.717, 1.165) is 22.4 Å². The monoisotopic (exact) mass is 458 g/mol. The van der Waals surface area contributed by atoms with Gasteiger partial charge >= 0.3 is 12.0 Å². The van der Waals surface area contributed by atoms with Crippen molar-refractivity contribution in [3.63, 3.8) is 0 Å². The number of urea groups is 1. The lowest BCUT2D eigenvalue weighted by atomic mass is 9.92. The van der Waals surface area contributed by atoms with E-state index < -0.39 is 18.0 Å². The molecular weight excluding hydrogens is 432 g/mol. The van der Waals surface area contributed by atoms with Crippen LogP contribution in [0.2, 0.25) is 0 Å². The summed E-state index contributed by atoms with van der Waals surface area (Å²) in [5.74, 6) is 1.55. The van der Waals surface area contributed by atoms with Gasteiger partial charge in [0.2, 0.25) is 0 Å². The molecule has 1 aliphatic heterocycles. The summed E-state index contributed by atoms with van der Waals surface area (Å²) in [5.41, 5.74) is 4.28. The maximum atomic E-state index is 12.8. The Kier molecular flexibility index (Phi) is 6.54. The molecule has 1 heterocycles. The Bertz CT molecular complexity index is 1250. The molecule has 0 fully saturated rings. The van der Waals surface area contributed by atoms with Crippen molar-refractivity contribution in [2.45, 2.75) is 19.9 Å². The van der Waals surface area contributed by atoms with Crippen molar-refractivity contribution < 1.29 is 23.8 Å². The van der Waals surface area contributed by atoms with Gasteiger partial charge in [-0.3, -0.25) is 0 Å². The van der Waals surface area contributed by atoms with E-state index in [1.165, 1.54) is 7.11 Å². The highest BCUT2D eigenvalue weighted by molar-refractivity contribution is 6.04. The molecule has 0 aliphatic carbocycles. The van der Waals surface area contributed by atoms with Crippen molar-refractivity contribution >= 4 is 17.7 Å².